The molecule has 1 atom stereocenters. The topological polar surface area (TPSA) is 51.2 Å². The van der Waals surface area contributed by atoms with E-state index >= 15 is 0 Å². The predicted octanol–water partition coefficient (Wildman–Crippen LogP) is 3.40. The van der Waals surface area contributed by atoms with Gasteiger partial charge in [-0.15, -0.1) is 11.8 Å². The number of aromatic nitrogens is 1. The molecule has 1 aliphatic rings. The van der Waals surface area contributed by atoms with Crippen molar-refractivity contribution in [2.75, 3.05) is 12.9 Å². The maximum Gasteiger partial charge on any atom is 0.325 e. The highest BCUT2D eigenvalue weighted by atomic mass is 79.9. The van der Waals surface area contributed by atoms with Crippen LogP contribution in [0.1, 0.15) is 32.6 Å². The van der Waals surface area contributed by atoms with Gasteiger partial charge in [0.05, 0.1) is 7.11 Å². The second-order valence-corrected chi connectivity index (χ2v) is 7.42. The van der Waals surface area contributed by atoms with Gasteiger partial charge in [0.25, 0.3) is 0 Å². The first-order valence-electron chi connectivity index (χ1n) is 7.14. The molecule has 1 N–H and O–H groups in total. The van der Waals surface area contributed by atoms with Crippen LogP contribution in [0.4, 0.5) is 0 Å². The number of methoxy groups -OCH3 is 1. The van der Waals surface area contributed by atoms with Crippen LogP contribution in [-0.4, -0.2) is 35.4 Å². The van der Waals surface area contributed by atoms with Crippen LogP contribution < -0.4 is 5.32 Å². The van der Waals surface area contributed by atoms with E-state index in [9.17, 15) is 4.79 Å². The Hall–Kier alpha value is -0.590. The van der Waals surface area contributed by atoms with Crippen LogP contribution in [0.15, 0.2) is 27.8 Å². The predicted molar refractivity (Wildman–Crippen MR) is 88.5 cm³/mol. The molecule has 2 rings (SSSR count). The largest absolute Gasteiger partial charge is 0.468 e. The van der Waals surface area contributed by atoms with Gasteiger partial charge in [-0.1, -0.05) is 0 Å². The Morgan fingerprint density at radius 2 is 2.38 bits per heavy atom. The molecule has 1 aromatic heterocycles. The van der Waals surface area contributed by atoms with Crippen molar-refractivity contribution >= 4 is 33.7 Å². The summed E-state index contributed by atoms with van der Waals surface area (Å²) in [5.41, 5.74) is -0.572. The minimum absolute atomic E-state index is 0.168. The summed E-state index contributed by atoms with van der Waals surface area (Å²) < 4.78 is 5.97. The number of rotatable bonds is 8. The van der Waals surface area contributed by atoms with E-state index in [4.69, 9.17) is 4.74 Å². The summed E-state index contributed by atoms with van der Waals surface area (Å²) in [5, 5.41) is 4.41. The molecule has 0 spiro atoms. The first-order valence-corrected chi connectivity index (χ1v) is 8.92. The molecule has 1 aromatic rings. The first kappa shape index (κ1) is 16.8. The summed E-state index contributed by atoms with van der Waals surface area (Å²) in [6.45, 7) is 1.94. The maximum atomic E-state index is 12.0. The third-order valence-corrected chi connectivity index (χ3v) is 5.51. The molecule has 1 heterocycles. The highest BCUT2D eigenvalue weighted by Gasteiger charge is 2.38. The van der Waals surface area contributed by atoms with Crippen LogP contribution >= 0.6 is 27.7 Å². The molecule has 0 bridgehead atoms. The molecule has 0 amide bonds. The molecule has 1 unspecified atom stereocenters. The fourth-order valence-electron chi connectivity index (χ4n) is 2.21. The Kier molecular flexibility index (Phi) is 6.08. The van der Waals surface area contributed by atoms with Crippen molar-refractivity contribution in [1.29, 1.82) is 0 Å². The van der Waals surface area contributed by atoms with Crippen molar-refractivity contribution < 1.29 is 9.53 Å². The highest BCUT2D eigenvalue weighted by molar-refractivity contribution is 9.10. The Morgan fingerprint density at radius 3 is 3.00 bits per heavy atom. The maximum absolute atomic E-state index is 12.0. The summed E-state index contributed by atoms with van der Waals surface area (Å²) in [4.78, 5) is 16.3. The first-order chi connectivity index (χ1) is 10.0. The van der Waals surface area contributed by atoms with E-state index in [2.05, 4.69) is 26.2 Å². The third-order valence-electron chi connectivity index (χ3n) is 3.52. The van der Waals surface area contributed by atoms with Gasteiger partial charge in [0.1, 0.15) is 10.6 Å². The average molecular weight is 373 g/mol. The van der Waals surface area contributed by atoms with E-state index in [1.807, 2.05) is 19.1 Å². The Labute approximate surface area is 138 Å². The molecule has 0 saturated heterocycles. The lowest BCUT2D eigenvalue weighted by atomic mass is 9.96. The monoisotopic (exact) mass is 372 g/mol. The second-order valence-electron chi connectivity index (χ2n) is 5.48. The van der Waals surface area contributed by atoms with Gasteiger partial charge in [-0.25, -0.2) is 4.98 Å². The molecule has 116 valence electrons. The minimum Gasteiger partial charge on any atom is -0.468 e. The van der Waals surface area contributed by atoms with E-state index in [0.717, 1.165) is 40.9 Å². The quantitative estimate of drug-likeness (QED) is 0.430. The smallest absolute Gasteiger partial charge is 0.325 e. The molecular weight excluding hydrogens is 352 g/mol. The van der Waals surface area contributed by atoms with Gasteiger partial charge >= 0.3 is 5.97 Å². The van der Waals surface area contributed by atoms with Gasteiger partial charge in [0.2, 0.25) is 0 Å². The molecular formula is C15H21BrN2O2S. The van der Waals surface area contributed by atoms with Crippen molar-refractivity contribution in [2.24, 2.45) is 0 Å². The number of halogens is 1. The molecule has 1 aliphatic carbocycles. The van der Waals surface area contributed by atoms with E-state index < -0.39 is 5.54 Å². The zero-order chi connectivity index (χ0) is 15.3. The number of nitrogens with one attached hydrogen (secondary N) is 1. The van der Waals surface area contributed by atoms with Gasteiger partial charge in [0.15, 0.2) is 0 Å². The number of esters is 1. The average Bonchev–Trinajstić information content (AvgIpc) is 3.28. The van der Waals surface area contributed by atoms with E-state index in [0.29, 0.717) is 6.04 Å². The zero-order valence-corrected chi connectivity index (χ0v) is 14.8. The number of carbonyl (C=O) groups is 1. The molecule has 4 nitrogen and oxygen atoms in total. The zero-order valence-electron chi connectivity index (χ0n) is 12.4. The van der Waals surface area contributed by atoms with Gasteiger partial charge < -0.3 is 4.74 Å². The van der Waals surface area contributed by atoms with Gasteiger partial charge in [-0.05, 0) is 66.4 Å². The number of pyridine rings is 1. The number of carbonyl (C=O) groups excluding carboxylic acids is 1. The van der Waals surface area contributed by atoms with Crippen LogP contribution in [0.5, 0.6) is 0 Å². The number of ether oxygens (including phenoxy) is 1. The summed E-state index contributed by atoms with van der Waals surface area (Å²) in [7, 11) is 1.45. The second kappa shape index (κ2) is 7.61. The Morgan fingerprint density at radius 1 is 1.62 bits per heavy atom. The lowest BCUT2D eigenvalue weighted by molar-refractivity contribution is -0.148. The Bertz CT molecular complexity index is 496. The molecule has 0 aliphatic heterocycles. The molecule has 0 radical (unpaired) electrons. The van der Waals surface area contributed by atoms with E-state index in [1.165, 1.54) is 7.11 Å². The molecule has 21 heavy (non-hydrogen) atoms. The number of hydrogen-bond acceptors (Lipinski definition) is 5. The van der Waals surface area contributed by atoms with Gasteiger partial charge in [-0.3, -0.25) is 10.1 Å². The van der Waals surface area contributed by atoms with E-state index in [1.54, 1.807) is 18.0 Å². The summed E-state index contributed by atoms with van der Waals surface area (Å²) in [6, 6.07) is 4.37. The molecule has 1 fully saturated rings. The van der Waals surface area contributed by atoms with Crippen molar-refractivity contribution in [3.8, 4) is 0 Å². The molecule has 0 aromatic carbocycles. The van der Waals surface area contributed by atoms with Crippen LogP contribution in [0.2, 0.25) is 0 Å². The van der Waals surface area contributed by atoms with E-state index in [-0.39, 0.29) is 5.97 Å². The van der Waals surface area contributed by atoms with Crippen molar-refractivity contribution in [1.82, 2.24) is 10.3 Å². The number of hydrogen-bond donors (Lipinski definition) is 1. The number of thioether (sulfide) groups is 1. The third kappa shape index (κ3) is 4.97. The SMILES string of the molecule is COC(=O)C(C)(CCCSc1ncccc1Br)NC1CC1. The lowest BCUT2D eigenvalue weighted by Crippen LogP contribution is -2.51. The standard InChI is InChI=1S/C15H21BrN2O2S/c1-15(14(19)20-2,18-11-6-7-11)8-4-10-21-13-12(16)5-3-9-17-13/h3,5,9,11,18H,4,6-8,10H2,1-2H3. The van der Waals surface area contributed by atoms with Crippen LogP contribution in [-0.2, 0) is 9.53 Å². The van der Waals surface area contributed by atoms with Crippen LogP contribution in [0.25, 0.3) is 0 Å². The summed E-state index contributed by atoms with van der Waals surface area (Å²) >= 11 is 5.20. The van der Waals surface area contributed by atoms with Crippen molar-refractivity contribution in [3.05, 3.63) is 22.8 Å². The molecule has 6 heteroatoms. The highest BCUT2D eigenvalue weighted by Crippen LogP contribution is 2.28. The van der Waals surface area contributed by atoms with Crippen LogP contribution in [0.3, 0.4) is 0 Å². The fraction of sp³-hybridized carbons (Fsp3) is 0.600. The van der Waals surface area contributed by atoms with Crippen molar-refractivity contribution in [2.45, 2.75) is 49.2 Å². The van der Waals surface area contributed by atoms with Gasteiger partial charge in [0, 0.05) is 16.7 Å². The Balaban J connectivity index is 1.81. The number of nitrogens with zero attached hydrogens (tertiary/aromatic N) is 1. The molecule has 1 saturated carbocycles. The summed E-state index contributed by atoms with van der Waals surface area (Å²) in [5.74, 6) is 0.757. The minimum atomic E-state index is -0.572. The van der Waals surface area contributed by atoms with Crippen LogP contribution in [0, 0.1) is 0 Å². The van der Waals surface area contributed by atoms with Crippen molar-refractivity contribution in [3.63, 3.8) is 0 Å². The van der Waals surface area contributed by atoms with Gasteiger partial charge in [-0.2, -0.15) is 0 Å². The summed E-state index contributed by atoms with van der Waals surface area (Å²) in [6.07, 6.45) is 5.80. The lowest BCUT2D eigenvalue weighted by Gasteiger charge is -2.28. The normalized spacial score (nSPS) is 17.3. The fourth-order valence-corrected chi connectivity index (χ4v) is 3.63.